The van der Waals surface area contributed by atoms with Crippen molar-refractivity contribution < 1.29 is 48.7 Å². The monoisotopic (exact) mass is 166 g/mol. The van der Waals surface area contributed by atoms with E-state index in [1.807, 2.05) is 0 Å². The molecule has 0 heterocycles. The number of carbonyl (C=O) groups excluding carboxylic acids is 3. The van der Waals surface area contributed by atoms with Gasteiger partial charge in [-0.1, -0.05) is 0 Å². The molecular weight excluding hydrogens is 159 g/mol. The molecule has 0 bridgehead atoms. The molecular formula is C6H7NaO4. The van der Waals surface area contributed by atoms with Crippen LogP contribution in [0.3, 0.4) is 0 Å². The average Bonchev–Trinajstić information content (AvgIpc) is 1.85. The van der Waals surface area contributed by atoms with Gasteiger partial charge in [0.2, 0.25) is 5.97 Å². The predicted octanol–water partition coefficient (Wildman–Crippen LogP) is -3.47. The number of methoxy groups -OCH3 is 1. The zero-order valence-electron chi connectivity index (χ0n) is 6.71. The van der Waals surface area contributed by atoms with E-state index in [0.717, 1.165) is 7.11 Å². The van der Waals surface area contributed by atoms with Crippen molar-refractivity contribution in [3.63, 3.8) is 0 Å². The largest absolute Gasteiger partial charge is 1.00 e. The third-order valence-corrected chi connectivity index (χ3v) is 0.721. The fourth-order valence-corrected chi connectivity index (χ4v) is 0.344. The van der Waals surface area contributed by atoms with E-state index in [9.17, 15) is 14.4 Å². The molecule has 11 heavy (non-hydrogen) atoms. The smallest absolute Gasteiger partial charge is 0.547 e. The molecule has 0 amide bonds. The van der Waals surface area contributed by atoms with Crippen molar-refractivity contribution in [3.05, 3.63) is 6.42 Å². The molecule has 0 rings (SSSR count). The quantitative estimate of drug-likeness (QED) is 0.144. The summed E-state index contributed by atoms with van der Waals surface area (Å²) in [5, 5.41) is 0. The third-order valence-electron chi connectivity index (χ3n) is 0.721. The second kappa shape index (κ2) is 6.39. The minimum atomic E-state index is -1.02. The number of hydrogen-bond acceptors (Lipinski definition) is 4. The van der Waals surface area contributed by atoms with Gasteiger partial charge in [-0.2, -0.15) is 0 Å². The van der Waals surface area contributed by atoms with E-state index in [0.29, 0.717) is 6.42 Å². The Balaban J connectivity index is 0. The number of esters is 1. The second-order valence-electron chi connectivity index (χ2n) is 1.61. The van der Waals surface area contributed by atoms with Crippen LogP contribution in [-0.4, -0.2) is 24.6 Å². The van der Waals surface area contributed by atoms with Crippen molar-refractivity contribution in [2.75, 3.05) is 7.11 Å². The molecule has 4 nitrogen and oxygen atoms in total. The van der Waals surface area contributed by atoms with Gasteiger partial charge in [-0.3, -0.25) is 0 Å². The van der Waals surface area contributed by atoms with Gasteiger partial charge in [0.05, 0.1) is 12.9 Å². The Morgan fingerprint density at radius 1 is 1.27 bits per heavy atom. The van der Waals surface area contributed by atoms with Gasteiger partial charge in [0.25, 0.3) is 0 Å². The Labute approximate surface area is 86.6 Å². The number of rotatable bonds is 3. The van der Waals surface area contributed by atoms with E-state index in [1.54, 1.807) is 0 Å². The standard InChI is InChI=1S/C6H7O4.Na/c1-4(7)3-5(8)6(9)10-2;/h3H,1-2H3;/q-1;+1. The third kappa shape index (κ3) is 6.09. The Morgan fingerprint density at radius 3 is 2.00 bits per heavy atom. The summed E-state index contributed by atoms with van der Waals surface area (Å²) in [5.74, 6) is -2.40. The van der Waals surface area contributed by atoms with Crippen LogP contribution in [0.2, 0.25) is 0 Å². The summed E-state index contributed by atoms with van der Waals surface area (Å²) in [6.45, 7) is 1.18. The maximum atomic E-state index is 10.4. The molecule has 0 saturated heterocycles. The van der Waals surface area contributed by atoms with Crippen molar-refractivity contribution >= 4 is 17.5 Å². The van der Waals surface area contributed by atoms with Gasteiger partial charge in [-0.05, 0) is 6.92 Å². The summed E-state index contributed by atoms with van der Waals surface area (Å²) in [4.78, 5) is 30.9. The summed E-state index contributed by atoms with van der Waals surface area (Å²) in [6.07, 6.45) is 0.686. The summed E-state index contributed by atoms with van der Waals surface area (Å²) in [7, 11) is 1.08. The van der Waals surface area contributed by atoms with Crippen LogP contribution in [0.25, 0.3) is 0 Å². The normalized spacial score (nSPS) is 7.45. The van der Waals surface area contributed by atoms with Crippen LogP contribution in [0.1, 0.15) is 6.92 Å². The molecule has 0 unspecified atom stereocenters. The fourth-order valence-electron chi connectivity index (χ4n) is 0.344. The molecule has 0 N–H and O–H groups in total. The zero-order valence-corrected chi connectivity index (χ0v) is 8.71. The summed E-state index contributed by atoms with van der Waals surface area (Å²) < 4.78 is 4.04. The van der Waals surface area contributed by atoms with E-state index in [-0.39, 0.29) is 29.6 Å². The summed E-state index contributed by atoms with van der Waals surface area (Å²) >= 11 is 0. The van der Waals surface area contributed by atoms with Gasteiger partial charge in [-0.25, -0.2) is 0 Å². The van der Waals surface area contributed by atoms with Gasteiger partial charge >= 0.3 is 29.6 Å². The second-order valence-corrected chi connectivity index (χ2v) is 1.61. The van der Waals surface area contributed by atoms with Gasteiger partial charge < -0.3 is 19.1 Å². The Hall–Kier alpha value is -0.320. The molecule has 5 heteroatoms. The minimum Gasteiger partial charge on any atom is -0.547 e. The summed E-state index contributed by atoms with van der Waals surface area (Å²) in [5.41, 5.74) is 0. The number of ether oxygens (including phenoxy) is 1. The van der Waals surface area contributed by atoms with E-state index in [4.69, 9.17) is 0 Å². The molecule has 56 valence electrons. The van der Waals surface area contributed by atoms with Crippen LogP contribution in [0, 0.1) is 6.42 Å². The van der Waals surface area contributed by atoms with Crippen LogP contribution in [-0.2, 0) is 19.1 Å². The number of Topliss-reactive ketones (excluding diaryl/α,β-unsaturated/α-hetero) is 2. The van der Waals surface area contributed by atoms with Gasteiger partial charge in [0.15, 0.2) is 0 Å². The van der Waals surface area contributed by atoms with Gasteiger partial charge in [0, 0.05) is 0 Å². The Kier molecular flexibility index (Phi) is 7.72. The maximum Gasteiger partial charge on any atom is 1.00 e. The maximum absolute atomic E-state index is 10.4. The molecule has 0 aromatic rings. The van der Waals surface area contributed by atoms with Crippen LogP contribution < -0.4 is 29.6 Å². The van der Waals surface area contributed by atoms with Crippen LogP contribution in [0.4, 0.5) is 0 Å². The molecule has 0 atom stereocenters. The zero-order chi connectivity index (χ0) is 8.15. The van der Waals surface area contributed by atoms with E-state index >= 15 is 0 Å². The van der Waals surface area contributed by atoms with Crippen LogP contribution in [0.15, 0.2) is 0 Å². The molecule has 0 aliphatic carbocycles. The van der Waals surface area contributed by atoms with Crippen molar-refractivity contribution in [1.29, 1.82) is 0 Å². The SMILES string of the molecule is COC(=O)C(=O)[CH-]C(C)=O.[Na+]. The first kappa shape index (κ1) is 13.3. The van der Waals surface area contributed by atoms with Crippen LogP contribution in [0.5, 0.6) is 0 Å². The van der Waals surface area contributed by atoms with E-state index in [1.165, 1.54) is 6.92 Å². The molecule has 0 spiro atoms. The Bertz CT molecular complexity index is 175. The van der Waals surface area contributed by atoms with Crippen molar-refractivity contribution in [1.82, 2.24) is 0 Å². The average molecular weight is 166 g/mol. The Morgan fingerprint density at radius 2 is 1.73 bits per heavy atom. The van der Waals surface area contributed by atoms with Gasteiger partial charge in [-0.15, -0.1) is 6.42 Å². The fraction of sp³-hybridized carbons (Fsp3) is 0.333. The van der Waals surface area contributed by atoms with Crippen molar-refractivity contribution in [3.8, 4) is 0 Å². The predicted molar refractivity (Wildman–Crippen MR) is 32.0 cm³/mol. The van der Waals surface area contributed by atoms with Gasteiger partial charge in [0.1, 0.15) is 5.78 Å². The minimum absolute atomic E-state index is 0. The summed E-state index contributed by atoms with van der Waals surface area (Å²) in [6, 6.07) is 0. The topological polar surface area (TPSA) is 60.4 Å². The van der Waals surface area contributed by atoms with Crippen molar-refractivity contribution in [2.45, 2.75) is 6.92 Å². The number of ketones is 2. The first-order valence-electron chi connectivity index (χ1n) is 2.55. The molecule has 0 aliphatic heterocycles. The molecule has 0 aromatic carbocycles. The molecule has 0 saturated carbocycles. The molecule has 0 aromatic heterocycles. The first-order chi connectivity index (χ1) is 4.57. The number of hydrogen-bond donors (Lipinski definition) is 0. The number of carbonyl (C=O) groups is 3. The molecule has 0 fully saturated rings. The van der Waals surface area contributed by atoms with E-state index < -0.39 is 17.5 Å². The molecule has 0 radical (unpaired) electrons. The van der Waals surface area contributed by atoms with Crippen molar-refractivity contribution in [2.24, 2.45) is 0 Å². The molecule has 0 aliphatic rings. The van der Waals surface area contributed by atoms with Crippen LogP contribution >= 0.6 is 0 Å². The van der Waals surface area contributed by atoms with E-state index in [2.05, 4.69) is 4.74 Å². The first-order valence-corrected chi connectivity index (χ1v) is 2.55.